The van der Waals surface area contributed by atoms with Gasteiger partial charge in [0.15, 0.2) is 6.23 Å². The van der Waals surface area contributed by atoms with Gasteiger partial charge in [0.25, 0.3) is 0 Å². The third-order valence-electron chi connectivity index (χ3n) is 2.89. The average molecular weight is 282 g/mol. The molecule has 1 atom stereocenters. The topological polar surface area (TPSA) is 39.9 Å². The van der Waals surface area contributed by atoms with Gasteiger partial charge >= 0.3 is 0 Å². The van der Waals surface area contributed by atoms with Gasteiger partial charge in [-0.1, -0.05) is 0 Å². The van der Waals surface area contributed by atoms with Crippen LogP contribution in [0.4, 0.5) is 0 Å². The molecule has 0 aliphatic carbocycles. The first kappa shape index (κ1) is 10.2. The summed E-state index contributed by atoms with van der Waals surface area (Å²) < 4.78 is 8.50. The van der Waals surface area contributed by atoms with Crippen molar-refractivity contribution in [3.63, 3.8) is 0 Å². The highest BCUT2D eigenvalue weighted by Crippen LogP contribution is 2.28. The molecule has 0 saturated carbocycles. The lowest BCUT2D eigenvalue weighted by Gasteiger charge is -2.23. The van der Waals surface area contributed by atoms with Crippen LogP contribution < -0.4 is 0 Å². The first-order valence-corrected chi connectivity index (χ1v) is 6.25. The molecule has 1 fully saturated rings. The summed E-state index contributed by atoms with van der Waals surface area (Å²) in [5, 5.41) is 5.50. The number of fused-ring (bicyclic) bond motifs is 1. The summed E-state index contributed by atoms with van der Waals surface area (Å²) in [7, 11) is 0. The van der Waals surface area contributed by atoms with E-state index < -0.39 is 0 Å². The van der Waals surface area contributed by atoms with Crippen molar-refractivity contribution in [1.29, 1.82) is 0 Å². The van der Waals surface area contributed by atoms with Crippen molar-refractivity contribution in [2.75, 3.05) is 6.61 Å². The van der Waals surface area contributed by atoms with E-state index in [4.69, 9.17) is 4.74 Å². The van der Waals surface area contributed by atoms with Crippen molar-refractivity contribution in [2.24, 2.45) is 0 Å². The molecule has 0 aromatic carbocycles. The maximum atomic E-state index is 5.74. The van der Waals surface area contributed by atoms with Crippen molar-refractivity contribution in [3.8, 4) is 0 Å². The van der Waals surface area contributed by atoms with Crippen molar-refractivity contribution < 1.29 is 4.74 Å². The van der Waals surface area contributed by atoms with Crippen LogP contribution in [0.2, 0.25) is 0 Å². The second kappa shape index (κ2) is 4.14. The minimum atomic E-state index is 0.0618. The molecule has 3 heterocycles. The van der Waals surface area contributed by atoms with Crippen LogP contribution in [0.5, 0.6) is 0 Å². The monoisotopic (exact) mass is 281 g/mol. The number of pyridine rings is 1. The molecule has 2 aromatic heterocycles. The molecule has 0 N–H and O–H groups in total. The Hall–Kier alpha value is -0.940. The average Bonchev–Trinajstić information content (AvgIpc) is 2.75. The highest BCUT2D eigenvalue weighted by molar-refractivity contribution is 9.10. The first-order valence-electron chi connectivity index (χ1n) is 5.45. The first-order chi connectivity index (χ1) is 7.86. The molecular weight excluding hydrogens is 270 g/mol. The van der Waals surface area contributed by atoms with Crippen LogP contribution in [-0.4, -0.2) is 21.4 Å². The van der Waals surface area contributed by atoms with E-state index in [0.29, 0.717) is 0 Å². The Kier molecular flexibility index (Phi) is 2.65. The lowest BCUT2D eigenvalue weighted by atomic mass is 10.2. The molecule has 1 aliphatic heterocycles. The molecule has 1 aliphatic rings. The third kappa shape index (κ3) is 1.64. The van der Waals surface area contributed by atoms with Gasteiger partial charge in [-0.3, -0.25) is 0 Å². The zero-order chi connectivity index (χ0) is 11.0. The molecule has 4 nitrogen and oxygen atoms in total. The van der Waals surface area contributed by atoms with Crippen LogP contribution in [0.3, 0.4) is 0 Å². The number of rotatable bonds is 1. The number of nitrogens with zero attached hydrogens (tertiary/aromatic N) is 3. The Balaban J connectivity index is 2.09. The fourth-order valence-corrected chi connectivity index (χ4v) is 2.62. The van der Waals surface area contributed by atoms with Crippen molar-refractivity contribution in [1.82, 2.24) is 14.8 Å². The van der Waals surface area contributed by atoms with Gasteiger partial charge in [0.05, 0.1) is 6.20 Å². The van der Waals surface area contributed by atoms with Gasteiger partial charge in [0.1, 0.15) is 10.1 Å². The largest absolute Gasteiger partial charge is 0.356 e. The highest BCUT2D eigenvalue weighted by Gasteiger charge is 2.19. The minimum absolute atomic E-state index is 0.0618. The van der Waals surface area contributed by atoms with Crippen LogP contribution >= 0.6 is 15.9 Å². The lowest BCUT2D eigenvalue weighted by Crippen LogP contribution is -2.19. The lowest BCUT2D eigenvalue weighted by molar-refractivity contribution is -0.0367. The Morgan fingerprint density at radius 3 is 3.19 bits per heavy atom. The molecule has 5 heteroatoms. The fraction of sp³-hybridized carbons (Fsp3) is 0.455. The van der Waals surface area contributed by atoms with E-state index in [0.717, 1.165) is 35.0 Å². The van der Waals surface area contributed by atoms with Gasteiger partial charge in [0.2, 0.25) is 0 Å². The van der Waals surface area contributed by atoms with E-state index in [9.17, 15) is 0 Å². The van der Waals surface area contributed by atoms with Crippen LogP contribution in [0.25, 0.3) is 10.9 Å². The quantitative estimate of drug-likeness (QED) is 0.755. The van der Waals surface area contributed by atoms with Gasteiger partial charge in [-0.15, -0.1) is 0 Å². The van der Waals surface area contributed by atoms with E-state index >= 15 is 0 Å². The number of hydrogen-bond acceptors (Lipinski definition) is 3. The second-order valence-electron chi connectivity index (χ2n) is 3.95. The molecule has 1 unspecified atom stereocenters. The van der Waals surface area contributed by atoms with E-state index in [1.165, 1.54) is 6.42 Å². The molecule has 0 bridgehead atoms. The summed E-state index contributed by atoms with van der Waals surface area (Å²) in [5.74, 6) is 0. The van der Waals surface area contributed by atoms with Crippen LogP contribution in [0, 0.1) is 0 Å². The normalized spacial score (nSPS) is 21.4. The predicted octanol–water partition coefficient (Wildman–Crippen LogP) is 2.89. The number of aromatic nitrogens is 3. The summed E-state index contributed by atoms with van der Waals surface area (Å²) >= 11 is 3.47. The summed E-state index contributed by atoms with van der Waals surface area (Å²) in [6.07, 6.45) is 7.07. The predicted molar refractivity (Wildman–Crippen MR) is 64.1 cm³/mol. The van der Waals surface area contributed by atoms with Crippen molar-refractivity contribution in [3.05, 3.63) is 23.1 Å². The smallest absolute Gasteiger partial charge is 0.150 e. The van der Waals surface area contributed by atoms with Crippen LogP contribution in [0.15, 0.2) is 23.1 Å². The van der Waals surface area contributed by atoms with Gasteiger partial charge < -0.3 is 4.74 Å². The molecule has 0 amide bonds. The molecule has 84 valence electrons. The molecule has 3 rings (SSSR count). The highest BCUT2D eigenvalue weighted by atomic mass is 79.9. The van der Waals surface area contributed by atoms with Crippen LogP contribution in [-0.2, 0) is 4.74 Å². The van der Waals surface area contributed by atoms with Gasteiger partial charge in [-0.05, 0) is 41.3 Å². The summed E-state index contributed by atoms with van der Waals surface area (Å²) in [6.45, 7) is 0.823. The van der Waals surface area contributed by atoms with Gasteiger partial charge in [-0.2, -0.15) is 5.10 Å². The maximum Gasteiger partial charge on any atom is 0.150 e. The van der Waals surface area contributed by atoms with E-state index in [1.54, 1.807) is 6.20 Å². The zero-order valence-electron chi connectivity index (χ0n) is 8.77. The standard InChI is InChI=1S/C11H12BrN3O/c12-11-10-8(4-5-13-11)7-14-15(10)9-3-1-2-6-16-9/h4-5,7,9H,1-3,6H2. The Labute approximate surface area is 102 Å². The Morgan fingerprint density at radius 1 is 1.44 bits per heavy atom. The summed E-state index contributed by atoms with van der Waals surface area (Å²) in [5.41, 5.74) is 1.02. The Morgan fingerprint density at radius 2 is 2.38 bits per heavy atom. The number of hydrogen-bond donors (Lipinski definition) is 0. The molecule has 0 radical (unpaired) electrons. The fourth-order valence-electron chi connectivity index (χ4n) is 2.09. The third-order valence-corrected chi connectivity index (χ3v) is 3.47. The van der Waals surface area contributed by atoms with E-state index in [1.807, 2.05) is 16.9 Å². The summed E-state index contributed by atoms with van der Waals surface area (Å²) in [6, 6.07) is 1.96. The summed E-state index contributed by atoms with van der Waals surface area (Å²) in [4.78, 5) is 4.24. The van der Waals surface area contributed by atoms with Crippen molar-refractivity contribution in [2.45, 2.75) is 25.5 Å². The minimum Gasteiger partial charge on any atom is -0.356 e. The van der Waals surface area contributed by atoms with Crippen LogP contribution in [0.1, 0.15) is 25.5 Å². The molecular formula is C11H12BrN3O. The molecule has 16 heavy (non-hydrogen) atoms. The van der Waals surface area contributed by atoms with Gasteiger partial charge in [-0.25, -0.2) is 9.67 Å². The number of ether oxygens (including phenoxy) is 1. The van der Waals surface area contributed by atoms with Gasteiger partial charge in [0, 0.05) is 18.2 Å². The van der Waals surface area contributed by atoms with E-state index in [2.05, 4.69) is 26.0 Å². The van der Waals surface area contributed by atoms with E-state index in [-0.39, 0.29) is 6.23 Å². The SMILES string of the molecule is Brc1nccc2cnn(C3CCCCO3)c12. The number of halogens is 1. The van der Waals surface area contributed by atoms with Crippen molar-refractivity contribution >= 4 is 26.8 Å². The maximum absolute atomic E-state index is 5.74. The zero-order valence-corrected chi connectivity index (χ0v) is 10.4. The second-order valence-corrected chi connectivity index (χ2v) is 4.70. The molecule has 2 aromatic rings. The Bertz CT molecular complexity index is 505. The molecule has 0 spiro atoms. The molecule has 1 saturated heterocycles.